The van der Waals surface area contributed by atoms with Crippen molar-refractivity contribution >= 4 is 5.97 Å². The average molecular weight is 222 g/mol. The molecule has 1 aromatic heterocycles. The number of methoxy groups -OCH3 is 1. The highest BCUT2D eigenvalue weighted by Gasteiger charge is 2.28. The molecule has 0 bridgehead atoms. The summed E-state index contributed by atoms with van der Waals surface area (Å²) in [5.41, 5.74) is 0.0425. The minimum atomic E-state index is -1.73. The average Bonchev–Trinajstić information content (AvgIpc) is 2.35. The zero-order valence-electron chi connectivity index (χ0n) is 8.49. The number of hydrogen-bond acceptors (Lipinski definition) is 6. The number of aliphatic hydroxyl groups is 2. The lowest BCUT2D eigenvalue weighted by molar-refractivity contribution is -0.156. The highest BCUT2D eigenvalue weighted by molar-refractivity contribution is 5.75. The first-order valence-corrected chi connectivity index (χ1v) is 4.40. The van der Waals surface area contributed by atoms with Crippen LogP contribution in [-0.4, -0.2) is 34.4 Å². The third kappa shape index (κ3) is 2.34. The number of pyridine rings is 1. The molecule has 0 aromatic carbocycles. The van der Waals surface area contributed by atoms with Crippen molar-refractivity contribution in [3.63, 3.8) is 0 Å². The van der Waals surface area contributed by atoms with Crippen LogP contribution in [0.15, 0.2) is 18.3 Å². The molecule has 0 fully saturated rings. The van der Waals surface area contributed by atoms with E-state index in [1.807, 2.05) is 0 Å². The minimum Gasteiger partial charge on any atom is -0.467 e. The van der Waals surface area contributed by atoms with Gasteiger partial charge in [-0.05, 0) is 6.07 Å². The summed E-state index contributed by atoms with van der Waals surface area (Å²) in [5, 5.41) is 27.8. The molecule has 0 aliphatic heterocycles. The lowest BCUT2D eigenvalue weighted by atomic mass is 10.0. The lowest BCUT2D eigenvalue weighted by Crippen LogP contribution is -2.29. The predicted molar refractivity (Wildman–Crippen MR) is 51.9 cm³/mol. The monoisotopic (exact) mass is 222 g/mol. The van der Waals surface area contributed by atoms with Gasteiger partial charge in [-0.1, -0.05) is 6.07 Å². The van der Waals surface area contributed by atoms with E-state index in [1.165, 1.54) is 18.3 Å². The molecule has 0 aliphatic rings. The number of ether oxygens (including phenoxy) is 1. The number of aliphatic hydroxyl groups excluding tert-OH is 2. The van der Waals surface area contributed by atoms with E-state index in [-0.39, 0.29) is 11.3 Å². The van der Waals surface area contributed by atoms with Crippen LogP contribution in [0.3, 0.4) is 0 Å². The molecule has 0 radical (unpaired) electrons. The van der Waals surface area contributed by atoms with Crippen LogP contribution < -0.4 is 0 Å². The van der Waals surface area contributed by atoms with E-state index >= 15 is 0 Å². The Morgan fingerprint density at radius 1 is 1.62 bits per heavy atom. The van der Waals surface area contributed by atoms with Crippen LogP contribution in [0.1, 0.15) is 17.4 Å². The van der Waals surface area contributed by atoms with Gasteiger partial charge in [-0.25, -0.2) is 9.78 Å². The van der Waals surface area contributed by atoms with E-state index in [4.69, 9.17) is 5.26 Å². The van der Waals surface area contributed by atoms with Gasteiger partial charge in [-0.2, -0.15) is 5.26 Å². The van der Waals surface area contributed by atoms with E-state index in [1.54, 1.807) is 6.07 Å². The van der Waals surface area contributed by atoms with Crippen LogP contribution in [0.2, 0.25) is 0 Å². The fraction of sp³-hybridized carbons (Fsp3) is 0.300. The normalized spacial score (nSPS) is 13.6. The Bertz CT molecular complexity index is 427. The molecule has 1 aromatic rings. The lowest BCUT2D eigenvalue weighted by Gasteiger charge is -2.16. The van der Waals surface area contributed by atoms with Gasteiger partial charge in [0, 0.05) is 11.8 Å². The summed E-state index contributed by atoms with van der Waals surface area (Å²) in [6.45, 7) is 0. The molecule has 0 aliphatic carbocycles. The first-order valence-electron chi connectivity index (χ1n) is 4.40. The number of aromatic nitrogens is 1. The molecule has 6 heteroatoms. The van der Waals surface area contributed by atoms with E-state index in [0.717, 1.165) is 7.11 Å². The second-order valence-corrected chi connectivity index (χ2v) is 2.97. The third-order valence-corrected chi connectivity index (χ3v) is 2.01. The molecule has 2 atom stereocenters. The maximum Gasteiger partial charge on any atom is 0.337 e. The van der Waals surface area contributed by atoms with Crippen molar-refractivity contribution in [2.75, 3.05) is 7.11 Å². The van der Waals surface area contributed by atoms with Gasteiger partial charge in [0.2, 0.25) is 0 Å². The number of carbonyl (C=O) groups excluding carboxylic acids is 1. The quantitative estimate of drug-likeness (QED) is 0.669. The zero-order valence-corrected chi connectivity index (χ0v) is 8.49. The Balaban J connectivity index is 3.01. The van der Waals surface area contributed by atoms with Crippen molar-refractivity contribution in [3.8, 4) is 6.07 Å². The summed E-state index contributed by atoms with van der Waals surface area (Å²) < 4.78 is 4.28. The van der Waals surface area contributed by atoms with Crippen LogP contribution in [-0.2, 0) is 9.53 Å². The second-order valence-electron chi connectivity index (χ2n) is 2.97. The van der Waals surface area contributed by atoms with Crippen LogP contribution in [0.4, 0.5) is 0 Å². The van der Waals surface area contributed by atoms with Gasteiger partial charge in [0.1, 0.15) is 17.9 Å². The van der Waals surface area contributed by atoms with Gasteiger partial charge < -0.3 is 14.9 Å². The van der Waals surface area contributed by atoms with Crippen molar-refractivity contribution < 1.29 is 19.7 Å². The zero-order chi connectivity index (χ0) is 12.1. The molecule has 6 nitrogen and oxygen atoms in total. The number of rotatable bonds is 3. The minimum absolute atomic E-state index is 0.0436. The predicted octanol–water partition coefficient (Wildman–Crippen LogP) is -0.479. The Morgan fingerprint density at radius 3 is 2.88 bits per heavy atom. The van der Waals surface area contributed by atoms with Gasteiger partial charge in [0.05, 0.1) is 7.11 Å². The third-order valence-electron chi connectivity index (χ3n) is 2.01. The molecular weight excluding hydrogens is 212 g/mol. The molecule has 2 unspecified atom stereocenters. The fourth-order valence-corrected chi connectivity index (χ4v) is 1.17. The van der Waals surface area contributed by atoms with Gasteiger partial charge in [-0.3, -0.25) is 0 Å². The highest BCUT2D eigenvalue weighted by atomic mass is 16.5. The summed E-state index contributed by atoms with van der Waals surface area (Å²) >= 11 is 0. The van der Waals surface area contributed by atoms with Crippen LogP contribution in [0.25, 0.3) is 0 Å². The molecule has 0 saturated heterocycles. The molecule has 1 heterocycles. The van der Waals surface area contributed by atoms with Gasteiger partial charge in [0.15, 0.2) is 6.10 Å². The smallest absolute Gasteiger partial charge is 0.337 e. The standard InChI is InChI=1S/C10H10N2O4/c1-16-10(15)9(14)8(13)6-3-2-4-12-7(6)5-11/h2-4,8-9,13-14H,1H3. The Labute approximate surface area is 91.7 Å². The fourth-order valence-electron chi connectivity index (χ4n) is 1.17. The van der Waals surface area contributed by atoms with Crippen LogP contribution in [0, 0.1) is 11.3 Å². The molecule has 0 spiro atoms. The molecule has 0 amide bonds. The molecular formula is C10H10N2O4. The summed E-state index contributed by atoms with van der Waals surface area (Å²) in [4.78, 5) is 14.7. The number of nitriles is 1. The van der Waals surface area contributed by atoms with E-state index in [2.05, 4.69) is 9.72 Å². The topological polar surface area (TPSA) is 103 Å². The van der Waals surface area contributed by atoms with Gasteiger partial charge in [-0.15, -0.1) is 0 Å². The van der Waals surface area contributed by atoms with Crippen molar-refractivity contribution in [2.24, 2.45) is 0 Å². The number of hydrogen-bond donors (Lipinski definition) is 2. The van der Waals surface area contributed by atoms with Crippen molar-refractivity contribution in [3.05, 3.63) is 29.6 Å². The Morgan fingerprint density at radius 2 is 2.31 bits per heavy atom. The number of nitrogens with zero attached hydrogens (tertiary/aromatic N) is 2. The highest BCUT2D eigenvalue weighted by Crippen LogP contribution is 2.19. The molecule has 84 valence electrons. The molecule has 1 rings (SSSR count). The van der Waals surface area contributed by atoms with E-state index in [9.17, 15) is 15.0 Å². The van der Waals surface area contributed by atoms with Crippen molar-refractivity contribution in [1.29, 1.82) is 5.26 Å². The molecule has 0 saturated carbocycles. The molecule has 16 heavy (non-hydrogen) atoms. The van der Waals surface area contributed by atoms with Crippen molar-refractivity contribution in [2.45, 2.75) is 12.2 Å². The number of esters is 1. The largest absolute Gasteiger partial charge is 0.467 e. The summed E-state index contributed by atoms with van der Waals surface area (Å²) in [7, 11) is 1.09. The van der Waals surface area contributed by atoms with E-state index in [0.29, 0.717) is 0 Å². The van der Waals surface area contributed by atoms with Gasteiger partial charge >= 0.3 is 5.97 Å². The first-order chi connectivity index (χ1) is 7.61. The Kier molecular flexibility index (Phi) is 3.94. The van der Waals surface area contributed by atoms with Crippen LogP contribution in [0.5, 0.6) is 0 Å². The Hall–Kier alpha value is -1.97. The molecule has 2 N–H and O–H groups in total. The maximum absolute atomic E-state index is 11.0. The van der Waals surface area contributed by atoms with Crippen LogP contribution >= 0.6 is 0 Å². The summed E-state index contributed by atoms with van der Waals surface area (Å²) in [5.74, 6) is -0.972. The second kappa shape index (κ2) is 5.21. The van der Waals surface area contributed by atoms with E-state index < -0.39 is 18.2 Å². The van der Waals surface area contributed by atoms with Crippen molar-refractivity contribution in [1.82, 2.24) is 4.98 Å². The summed E-state index contributed by atoms with van der Waals surface area (Å²) in [6.07, 6.45) is -1.89. The number of carbonyl (C=O) groups is 1. The first kappa shape index (κ1) is 12.1. The summed E-state index contributed by atoms with van der Waals surface area (Å²) in [6, 6.07) is 4.65. The maximum atomic E-state index is 11.0. The van der Waals surface area contributed by atoms with Gasteiger partial charge in [0.25, 0.3) is 0 Å². The SMILES string of the molecule is COC(=O)C(O)C(O)c1cccnc1C#N.